The summed E-state index contributed by atoms with van der Waals surface area (Å²) in [6.07, 6.45) is -0.276. The van der Waals surface area contributed by atoms with E-state index in [1.807, 2.05) is 63.8 Å². The predicted molar refractivity (Wildman–Crippen MR) is 145 cm³/mol. The first-order valence-electron chi connectivity index (χ1n) is 13.0. The number of aryl methyl sites for hydroxylation is 2. The SMILES string of the molecule is Cc1nc2c3c(nn2c(C)c1Cl)CN(C(=O)c1ccccc1CN1CCN(C(=O)OC(C)(C)C)C[C@@H]1C)C3. The molecule has 0 unspecified atom stereocenters. The van der Waals surface area contributed by atoms with Crippen molar-refractivity contribution in [2.75, 3.05) is 19.6 Å². The molecule has 2 aliphatic rings. The summed E-state index contributed by atoms with van der Waals surface area (Å²) in [6, 6.07) is 7.92. The number of carbonyl (C=O) groups excluding carboxylic acids is 2. The van der Waals surface area contributed by atoms with E-state index < -0.39 is 5.60 Å². The van der Waals surface area contributed by atoms with Crippen LogP contribution in [0, 0.1) is 13.8 Å². The predicted octanol–water partition coefficient (Wildman–Crippen LogP) is 4.60. The van der Waals surface area contributed by atoms with E-state index in [0.29, 0.717) is 49.9 Å². The Bertz CT molecular complexity index is 1410. The Balaban J connectivity index is 1.29. The number of benzene rings is 1. The Kier molecular flexibility index (Phi) is 6.86. The molecule has 2 amide bonds. The smallest absolute Gasteiger partial charge is 0.410 e. The van der Waals surface area contributed by atoms with Gasteiger partial charge in [0.15, 0.2) is 5.65 Å². The van der Waals surface area contributed by atoms with E-state index in [1.165, 1.54) is 0 Å². The lowest BCUT2D eigenvalue weighted by Crippen LogP contribution is -2.54. The number of rotatable bonds is 3. The molecule has 0 aliphatic carbocycles. The first-order chi connectivity index (χ1) is 17.9. The molecule has 1 saturated heterocycles. The average molecular weight is 539 g/mol. The molecule has 2 aliphatic heterocycles. The molecule has 0 spiro atoms. The lowest BCUT2D eigenvalue weighted by molar-refractivity contribution is 0.00459. The van der Waals surface area contributed by atoms with Gasteiger partial charge in [0.1, 0.15) is 5.60 Å². The molecule has 5 rings (SSSR count). The molecule has 10 heteroatoms. The normalized spacial score (nSPS) is 18.2. The summed E-state index contributed by atoms with van der Waals surface area (Å²) >= 11 is 6.38. The van der Waals surface area contributed by atoms with Gasteiger partial charge in [-0.25, -0.2) is 14.3 Å². The van der Waals surface area contributed by atoms with E-state index in [4.69, 9.17) is 21.4 Å². The fraction of sp³-hybridized carbons (Fsp3) is 0.500. The van der Waals surface area contributed by atoms with Gasteiger partial charge in [0.2, 0.25) is 0 Å². The third-order valence-electron chi connectivity index (χ3n) is 7.28. The molecule has 38 heavy (non-hydrogen) atoms. The van der Waals surface area contributed by atoms with Crippen molar-refractivity contribution in [3.05, 3.63) is 63.1 Å². The van der Waals surface area contributed by atoms with Crippen molar-refractivity contribution in [1.82, 2.24) is 29.3 Å². The lowest BCUT2D eigenvalue weighted by atomic mass is 10.0. The molecular weight excluding hydrogens is 504 g/mol. The van der Waals surface area contributed by atoms with E-state index in [9.17, 15) is 9.59 Å². The van der Waals surface area contributed by atoms with Crippen LogP contribution < -0.4 is 0 Å². The van der Waals surface area contributed by atoms with Crippen molar-refractivity contribution in [2.24, 2.45) is 0 Å². The molecule has 0 N–H and O–H groups in total. The maximum atomic E-state index is 13.7. The van der Waals surface area contributed by atoms with Crippen LogP contribution in [0.2, 0.25) is 5.02 Å². The van der Waals surface area contributed by atoms with Crippen molar-refractivity contribution in [2.45, 2.75) is 72.8 Å². The van der Waals surface area contributed by atoms with Crippen LogP contribution in [0.25, 0.3) is 5.65 Å². The van der Waals surface area contributed by atoms with Gasteiger partial charge in [0.25, 0.3) is 5.91 Å². The Morgan fingerprint density at radius 1 is 1.11 bits per heavy atom. The summed E-state index contributed by atoms with van der Waals surface area (Å²) in [4.78, 5) is 36.8. The number of hydrogen-bond acceptors (Lipinski definition) is 6. The fourth-order valence-electron chi connectivity index (χ4n) is 5.24. The summed E-state index contributed by atoms with van der Waals surface area (Å²) in [5, 5.41) is 5.33. The molecule has 1 atom stereocenters. The van der Waals surface area contributed by atoms with Crippen LogP contribution in [0.4, 0.5) is 4.79 Å². The molecule has 1 aromatic carbocycles. The minimum absolute atomic E-state index is 0.0146. The average Bonchev–Trinajstić information content (AvgIpc) is 3.42. The molecule has 4 heterocycles. The monoisotopic (exact) mass is 538 g/mol. The number of hydrogen-bond donors (Lipinski definition) is 0. The highest BCUT2D eigenvalue weighted by Gasteiger charge is 2.33. The highest BCUT2D eigenvalue weighted by molar-refractivity contribution is 6.31. The van der Waals surface area contributed by atoms with Gasteiger partial charge in [0.05, 0.1) is 35.2 Å². The number of aromatic nitrogens is 3. The number of amides is 2. The van der Waals surface area contributed by atoms with Gasteiger partial charge in [-0.15, -0.1) is 0 Å². The van der Waals surface area contributed by atoms with E-state index in [0.717, 1.165) is 33.9 Å². The van der Waals surface area contributed by atoms with Gasteiger partial charge in [0, 0.05) is 43.3 Å². The number of halogens is 1. The lowest BCUT2D eigenvalue weighted by Gasteiger charge is -2.40. The number of fused-ring (bicyclic) bond motifs is 3. The van der Waals surface area contributed by atoms with E-state index >= 15 is 0 Å². The molecular formula is C28H35ClN6O3. The first kappa shape index (κ1) is 26.4. The molecule has 0 bridgehead atoms. The molecule has 9 nitrogen and oxygen atoms in total. The van der Waals surface area contributed by atoms with Gasteiger partial charge < -0.3 is 14.5 Å². The van der Waals surface area contributed by atoms with Crippen LogP contribution in [-0.2, 0) is 24.4 Å². The number of carbonyl (C=O) groups is 2. The van der Waals surface area contributed by atoms with Crippen LogP contribution in [0.5, 0.6) is 0 Å². The highest BCUT2D eigenvalue weighted by Crippen LogP contribution is 2.30. The summed E-state index contributed by atoms with van der Waals surface area (Å²) in [7, 11) is 0. The first-order valence-corrected chi connectivity index (χ1v) is 13.4. The van der Waals surface area contributed by atoms with Gasteiger partial charge in [-0.05, 0) is 53.2 Å². The Hall–Kier alpha value is -3.17. The second kappa shape index (κ2) is 9.85. The number of ether oxygens (including phenoxy) is 1. The Morgan fingerprint density at radius 3 is 2.55 bits per heavy atom. The minimum Gasteiger partial charge on any atom is -0.444 e. The quantitative estimate of drug-likeness (QED) is 0.485. The minimum atomic E-state index is -0.518. The summed E-state index contributed by atoms with van der Waals surface area (Å²) in [5.74, 6) is -0.0146. The standard InChI is InChI=1S/C28H35ClN6O3/c1-17-13-33(27(37)38-28(4,5)6)12-11-32(17)14-20-9-7-8-10-21(20)26(36)34-15-22-23(16-34)31-35-19(3)24(29)18(2)30-25(22)35/h7-10,17H,11-16H2,1-6H3/t17-/m0/s1. The van der Waals surface area contributed by atoms with Gasteiger partial charge in [-0.2, -0.15) is 5.10 Å². The summed E-state index contributed by atoms with van der Waals surface area (Å²) in [6.45, 7) is 15.0. The van der Waals surface area contributed by atoms with Crippen molar-refractivity contribution in [3.8, 4) is 0 Å². The van der Waals surface area contributed by atoms with Gasteiger partial charge in [-0.1, -0.05) is 29.8 Å². The van der Waals surface area contributed by atoms with Crippen LogP contribution in [0.15, 0.2) is 24.3 Å². The van der Waals surface area contributed by atoms with Crippen molar-refractivity contribution >= 4 is 29.2 Å². The third-order valence-corrected chi connectivity index (χ3v) is 7.83. The van der Waals surface area contributed by atoms with E-state index in [1.54, 1.807) is 9.42 Å². The van der Waals surface area contributed by atoms with Gasteiger partial charge >= 0.3 is 6.09 Å². The van der Waals surface area contributed by atoms with Crippen LogP contribution >= 0.6 is 11.6 Å². The van der Waals surface area contributed by atoms with Crippen molar-refractivity contribution in [3.63, 3.8) is 0 Å². The van der Waals surface area contributed by atoms with E-state index in [2.05, 4.69) is 16.8 Å². The highest BCUT2D eigenvalue weighted by atomic mass is 35.5. The zero-order chi connectivity index (χ0) is 27.4. The van der Waals surface area contributed by atoms with Crippen molar-refractivity contribution < 1.29 is 14.3 Å². The topological polar surface area (TPSA) is 83.3 Å². The van der Waals surface area contributed by atoms with E-state index in [-0.39, 0.29) is 18.0 Å². The zero-order valence-electron chi connectivity index (χ0n) is 22.9. The fourth-order valence-corrected chi connectivity index (χ4v) is 5.36. The molecule has 202 valence electrons. The molecule has 0 saturated carbocycles. The molecule has 3 aromatic rings. The summed E-state index contributed by atoms with van der Waals surface area (Å²) in [5.41, 5.74) is 5.37. The van der Waals surface area contributed by atoms with Crippen molar-refractivity contribution in [1.29, 1.82) is 0 Å². The Labute approximate surface area is 228 Å². The zero-order valence-corrected chi connectivity index (χ0v) is 23.7. The maximum absolute atomic E-state index is 13.7. The maximum Gasteiger partial charge on any atom is 0.410 e. The summed E-state index contributed by atoms with van der Waals surface area (Å²) < 4.78 is 7.34. The molecule has 0 radical (unpaired) electrons. The molecule has 2 aromatic heterocycles. The van der Waals surface area contributed by atoms with Crippen LogP contribution in [0.1, 0.15) is 66.3 Å². The number of nitrogens with zero attached hydrogens (tertiary/aromatic N) is 6. The van der Waals surface area contributed by atoms with Gasteiger partial charge in [-0.3, -0.25) is 9.69 Å². The second-order valence-corrected chi connectivity index (χ2v) is 11.7. The number of piperazine rings is 1. The Morgan fingerprint density at radius 2 is 1.84 bits per heavy atom. The molecule has 1 fully saturated rings. The van der Waals surface area contributed by atoms with Crippen LogP contribution in [0.3, 0.4) is 0 Å². The van der Waals surface area contributed by atoms with Crippen LogP contribution in [-0.4, -0.2) is 72.6 Å². The largest absolute Gasteiger partial charge is 0.444 e. The second-order valence-electron chi connectivity index (χ2n) is 11.3. The third kappa shape index (κ3) is 4.97.